The highest BCUT2D eigenvalue weighted by molar-refractivity contribution is 5.55. The average Bonchev–Trinajstić information content (AvgIpc) is 3.35. The molecule has 0 radical (unpaired) electrons. The Kier molecular flexibility index (Phi) is 4.99. The van der Waals surface area contributed by atoms with Gasteiger partial charge >= 0.3 is 0 Å². The van der Waals surface area contributed by atoms with Crippen molar-refractivity contribution in [3.05, 3.63) is 30.2 Å². The molecule has 134 valence electrons. The number of nitrogens with one attached hydrogen (secondary N) is 1. The van der Waals surface area contributed by atoms with Crippen LogP contribution < -0.4 is 10.1 Å². The van der Waals surface area contributed by atoms with Crippen molar-refractivity contribution in [1.29, 1.82) is 0 Å². The lowest BCUT2D eigenvalue weighted by atomic mass is 9.88. The van der Waals surface area contributed by atoms with E-state index in [4.69, 9.17) is 9.26 Å². The first-order valence-electron chi connectivity index (χ1n) is 9.24. The number of hydrogen-bond acceptors (Lipinski definition) is 6. The molecule has 3 heterocycles. The van der Waals surface area contributed by atoms with Crippen molar-refractivity contribution >= 4 is 0 Å². The second kappa shape index (κ2) is 7.54. The Morgan fingerprint density at radius 1 is 1.20 bits per heavy atom. The lowest BCUT2D eigenvalue weighted by Gasteiger charge is -2.34. The topological polar surface area (TPSA) is 63.4 Å². The summed E-state index contributed by atoms with van der Waals surface area (Å²) in [5, 5.41) is 7.77. The molecule has 1 aromatic carbocycles. The van der Waals surface area contributed by atoms with Crippen LogP contribution in [0.1, 0.15) is 31.6 Å². The quantitative estimate of drug-likeness (QED) is 0.901. The van der Waals surface area contributed by atoms with Crippen LogP contribution in [0, 0.1) is 5.92 Å². The molecule has 1 aromatic heterocycles. The van der Waals surface area contributed by atoms with E-state index < -0.39 is 0 Å². The molecule has 2 saturated heterocycles. The molecular weight excluding hydrogens is 316 g/mol. The lowest BCUT2D eigenvalue weighted by molar-refractivity contribution is 0.143. The summed E-state index contributed by atoms with van der Waals surface area (Å²) in [7, 11) is 1.66. The number of aromatic nitrogens is 2. The molecule has 1 atom stereocenters. The highest BCUT2D eigenvalue weighted by atomic mass is 16.5. The smallest absolute Gasteiger partial charge is 0.241 e. The normalized spacial score (nSPS) is 22.4. The zero-order valence-corrected chi connectivity index (χ0v) is 14.8. The summed E-state index contributed by atoms with van der Waals surface area (Å²) in [4.78, 5) is 6.98. The van der Waals surface area contributed by atoms with Gasteiger partial charge in [-0.05, 0) is 75.5 Å². The van der Waals surface area contributed by atoms with E-state index in [1.54, 1.807) is 7.11 Å². The van der Waals surface area contributed by atoms with Crippen molar-refractivity contribution in [2.24, 2.45) is 5.92 Å². The summed E-state index contributed by atoms with van der Waals surface area (Å²) >= 11 is 0. The van der Waals surface area contributed by atoms with Crippen molar-refractivity contribution in [1.82, 2.24) is 20.4 Å². The van der Waals surface area contributed by atoms with Gasteiger partial charge in [0.2, 0.25) is 11.7 Å². The average molecular weight is 342 g/mol. The van der Waals surface area contributed by atoms with E-state index >= 15 is 0 Å². The van der Waals surface area contributed by atoms with Gasteiger partial charge in [0.05, 0.1) is 13.7 Å². The highest BCUT2D eigenvalue weighted by Crippen LogP contribution is 2.26. The first-order chi connectivity index (χ1) is 12.3. The van der Waals surface area contributed by atoms with Crippen molar-refractivity contribution in [3.8, 4) is 17.1 Å². The third-order valence-corrected chi connectivity index (χ3v) is 5.47. The second-order valence-electron chi connectivity index (χ2n) is 7.06. The highest BCUT2D eigenvalue weighted by Gasteiger charge is 2.28. The largest absolute Gasteiger partial charge is 0.497 e. The molecule has 1 unspecified atom stereocenters. The van der Waals surface area contributed by atoms with Crippen LogP contribution in [-0.2, 0) is 6.54 Å². The molecule has 2 aromatic rings. The van der Waals surface area contributed by atoms with Crippen LogP contribution in [0.2, 0.25) is 0 Å². The van der Waals surface area contributed by atoms with E-state index in [9.17, 15) is 0 Å². The van der Waals surface area contributed by atoms with Gasteiger partial charge in [0.1, 0.15) is 5.75 Å². The Balaban J connectivity index is 1.32. The molecule has 4 rings (SSSR count). The molecule has 0 amide bonds. The fraction of sp³-hybridized carbons (Fsp3) is 0.579. The summed E-state index contributed by atoms with van der Waals surface area (Å²) in [6, 6.07) is 8.47. The second-order valence-corrected chi connectivity index (χ2v) is 7.06. The third kappa shape index (κ3) is 3.85. The summed E-state index contributed by atoms with van der Waals surface area (Å²) in [6.07, 6.45) is 5.20. The zero-order valence-electron chi connectivity index (χ0n) is 14.8. The van der Waals surface area contributed by atoms with Gasteiger partial charge in [-0.3, -0.25) is 4.90 Å². The molecule has 1 N–H and O–H groups in total. The van der Waals surface area contributed by atoms with Crippen molar-refractivity contribution < 1.29 is 9.26 Å². The molecule has 2 fully saturated rings. The Hall–Kier alpha value is -1.92. The molecule has 0 spiro atoms. The van der Waals surface area contributed by atoms with Gasteiger partial charge in [0.15, 0.2) is 0 Å². The molecule has 2 aliphatic heterocycles. The summed E-state index contributed by atoms with van der Waals surface area (Å²) in [5.41, 5.74) is 0.946. The van der Waals surface area contributed by atoms with Crippen LogP contribution >= 0.6 is 0 Å². The molecule has 6 heteroatoms. The Morgan fingerprint density at radius 3 is 2.68 bits per heavy atom. The number of hydrogen-bond donors (Lipinski definition) is 1. The Labute approximate surface area is 148 Å². The predicted octanol–water partition coefficient (Wildman–Crippen LogP) is 2.71. The zero-order chi connectivity index (χ0) is 17.1. The minimum absolute atomic E-state index is 0.641. The number of methoxy groups -OCH3 is 1. The van der Waals surface area contributed by atoms with Crippen LogP contribution in [0.15, 0.2) is 28.8 Å². The number of benzene rings is 1. The monoisotopic (exact) mass is 342 g/mol. The van der Waals surface area contributed by atoms with Crippen LogP contribution in [0.5, 0.6) is 5.75 Å². The van der Waals surface area contributed by atoms with Crippen LogP contribution in [0.4, 0.5) is 0 Å². The van der Waals surface area contributed by atoms with E-state index in [1.165, 1.54) is 32.2 Å². The van der Waals surface area contributed by atoms with Crippen molar-refractivity contribution in [2.75, 3.05) is 26.7 Å². The Morgan fingerprint density at radius 2 is 2.00 bits per heavy atom. The molecule has 0 bridgehead atoms. The van der Waals surface area contributed by atoms with Gasteiger partial charge < -0.3 is 14.6 Å². The number of nitrogens with zero attached hydrogens (tertiary/aromatic N) is 3. The van der Waals surface area contributed by atoms with Crippen LogP contribution in [0.3, 0.4) is 0 Å². The van der Waals surface area contributed by atoms with Gasteiger partial charge in [-0.2, -0.15) is 4.98 Å². The number of likely N-dealkylation sites (tertiary alicyclic amines) is 1. The van der Waals surface area contributed by atoms with E-state index in [0.717, 1.165) is 42.9 Å². The first-order valence-corrected chi connectivity index (χ1v) is 9.24. The minimum Gasteiger partial charge on any atom is -0.497 e. The van der Waals surface area contributed by atoms with E-state index in [2.05, 4.69) is 20.4 Å². The van der Waals surface area contributed by atoms with Crippen LogP contribution in [-0.4, -0.2) is 47.8 Å². The SMILES string of the molecule is COc1ccc(-c2noc(CN3CCC(C4CCCN4)CC3)n2)cc1. The Bertz CT molecular complexity index is 671. The minimum atomic E-state index is 0.641. The van der Waals surface area contributed by atoms with Gasteiger partial charge in [-0.15, -0.1) is 0 Å². The number of ether oxygens (including phenoxy) is 1. The fourth-order valence-corrected chi connectivity index (χ4v) is 3.99. The maximum atomic E-state index is 5.46. The van der Waals surface area contributed by atoms with E-state index in [-0.39, 0.29) is 0 Å². The summed E-state index contributed by atoms with van der Waals surface area (Å²) < 4.78 is 10.6. The first kappa shape index (κ1) is 16.5. The van der Waals surface area contributed by atoms with Crippen LogP contribution in [0.25, 0.3) is 11.4 Å². The van der Waals surface area contributed by atoms with Crippen molar-refractivity contribution in [2.45, 2.75) is 38.3 Å². The van der Waals surface area contributed by atoms with Gasteiger partial charge in [-0.25, -0.2) is 0 Å². The maximum Gasteiger partial charge on any atom is 0.241 e. The van der Waals surface area contributed by atoms with Gasteiger partial charge in [0, 0.05) is 11.6 Å². The molecule has 6 nitrogen and oxygen atoms in total. The van der Waals surface area contributed by atoms with E-state index in [0.29, 0.717) is 11.7 Å². The molecule has 0 saturated carbocycles. The van der Waals surface area contributed by atoms with Crippen molar-refractivity contribution in [3.63, 3.8) is 0 Å². The maximum absolute atomic E-state index is 5.46. The molecule has 0 aliphatic carbocycles. The third-order valence-electron chi connectivity index (χ3n) is 5.47. The molecule has 2 aliphatic rings. The standard InChI is InChI=1S/C19H26N4O2/c1-24-16-6-4-15(5-7-16)19-21-18(25-22-19)13-23-11-8-14(9-12-23)17-3-2-10-20-17/h4-7,14,17,20H,2-3,8-13H2,1H3. The number of rotatable bonds is 5. The van der Waals surface area contributed by atoms with Gasteiger partial charge in [-0.1, -0.05) is 5.16 Å². The van der Waals surface area contributed by atoms with E-state index in [1.807, 2.05) is 24.3 Å². The fourth-order valence-electron chi connectivity index (χ4n) is 3.99. The number of piperidine rings is 1. The summed E-state index contributed by atoms with van der Waals surface area (Å²) in [5.74, 6) is 2.99. The molecular formula is C19H26N4O2. The predicted molar refractivity (Wildman–Crippen MR) is 95.3 cm³/mol. The molecule has 25 heavy (non-hydrogen) atoms. The van der Waals surface area contributed by atoms with Gasteiger partial charge in [0.25, 0.3) is 0 Å². The lowest BCUT2D eigenvalue weighted by Crippen LogP contribution is -2.40. The summed E-state index contributed by atoms with van der Waals surface area (Å²) in [6.45, 7) is 4.17.